The summed E-state index contributed by atoms with van der Waals surface area (Å²) in [5, 5.41) is 8.98. The minimum atomic E-state index is -3.86. The molecule has 9 heteroatoms. The van der Waals surface area contributed by atoms with E-state index in [0.717, 1.165) is 0 Å². The molecule has 0 fully saturated rings. The summed E-state index contributed by atoms with van der Waals surface area (Å²) in [5.74, 6) is -1.54. The van der Waals surface area contributed by atoms with Crippen molar-refractivity contribution in [3.8, 4) is 0 Å². The zero-order valence-electron chi connectivity index (χ0n) is 9.48. The predicted octanol–water partition coefficient (Wildman–Crippen LogP) is 2.66. The molecular formula is C9H11Br2NO4S2. The van der Waals surface area contributed by atoms with Crippen LogP contribution in [0, 0.1) is 5.92 Å². The molecule has 0 aliphatic heterocycles. The van der Waals surface area contributed by atoms with Crippen LogP contribution in [0.15, 0.2) is 18.5 Å². The van der Waals surface area contributed by atoms with Crippen molar-refractivity contribution in [3.63, 3.8) is 0 Å². The second-order valence-electron chi connectivity index (χ2n) is 3.87. The number of nitrogens with one attached hydrogen (secondary N) is 1. The summed E-state index contributed by atoms with van der Waals surface area (Å²) in [5.41, 5.74) is 0. The van der Waals surface area contributed by atoms with E-state index in [1.165, 1.54) is 17.4 Å². The van der Waals surface area contributed by atoms with Gasteiger partial charge in [0.2, 0.25) is 10.0 Å². The molecule has 0 aliphatic carbocycles. The molecule has 1 aromatic heterocycles. The topological polar surface area (TPSA) is 83.5 Å². The molecule has 5 nitrogen and oxygen atoms in total. The van der Waals surface area contributed by atoms with Crippen LogP contribution in [0.1, 0.15) is 13.8 Å². The fraction of sp³-hybridized carbons (Fsp3) is 0.444. The molecule has 0 amide bonds. The molecule has 1 rings (SSSR count). The van der Waals surface area contributed by atoms with E-state index in [9.17, 15) is 13.2 Å². The summed E-state index contributed by atoms with van der Waals surface area (Å²) in [6.45, 7) is 3.28. The van der Waals surface area contributed by atoms with E-state index >= 15 is 0 Å². The Hall–Kier alpha value is 0.0400. The summed E-state index contributed by atoms with van der Waals surface area (Å²) >= 11 is 7.53. The molecule has 1 atom stereocenters. The average Bonchev–Trinajstić information content (AvgIpc) is 2.54. The van der Waals surface area contributed by atoms with Crippen LogP contribution in [0.25, 0.3) is 0 Å². The fourth-order valence-electron chi connectivity index (χ4n) is 1.21. The van der Waals surface area contributed by atoms with Gasteiger partial charge in [-0.3, -0.25) is 4.79 Å². The van der Waals surface area contributed by atoms with E-state index in [1.807, 2.05) is 0 Å². The zero-order chi connectivity index (χ0) is 14.1. The lowest BCUT2D eigenvalue weighted by Gasteiger charge is -2.17. The Bertz CT molecular complexity index is 553. The highest BCUT2D eigenvalue weighted by Gasteiger charge is 2.29. The number of carbonyl (C=O) groups is 1. The number of sulfonamides is 1. The summed E-state index contributed by atoms with van der Waals surface area (Å²) in [6, 6.07) is 0.275. The van der Waals surface area contributed by atoms with Gasteiger partial charge in [-0.1, -0.05) is 13.8 Å². The van der Waals surface area contributed by atoms with E-state index in [2.05, 4.69) is 36.6 Å². The SMILES string of the molecule is CC(C)C(NS(=O)(=O)c1cc(Br)sc1Br)C(=O)O. The lowest BCUT2D eigenvalue weighted by Crippen LogP contribution is -2.44. The lowest BCUT2D eigenvalue weighted by atomic mass is 10.1. The summed E-state index contributed by atoms with van der Waals surface area (Å²) in [6.07, 6.45) is 0. The normalized spacial score (nSPS) is 13.8. The van der Waals surface area contributed by atoms with E-state index in [-0.39, 0.29) is 10.8 Å². The minimum Gasteiger partial charge on any atom is -0.480 e. The third-order valence-corrected chi connectivity index (χ3v) is 6.33. The van der Waals surface area contributed by atoms with Crippen LogP contribution in [0.2, 0.25) is 0 Å². The number of halogens is 2. The molecule has 0 aliphatic rings. The van der Waals surface area contributed by atoms with Crippen molar-refractivity contribution in [2.24, 2.45) is 5.92 Å². The Kier molecular flexibility index (Phi) is 5.36. The Morgan fingerprint density at radius 1 is 1.44 bits per heavy atom. The number of hydrogen-bond donors (Lipinski definition) is 2. The lowest BCUT2D eigenvalue weighted by molar-refractivity contribution is -0.140. The average molecular weight is 421 g/mol. The van der Waals surface area contributed by atoms with Gasteiger partial charge in [0.05, 0.1) is 7.57 Å². The van der Waals surface area contributed by atoms with Gasteiger partial charge in [0.1, 0.15) is 10.9 Å². The summed E-state index contributed by atoms with van der Waals surface area (Å²) < 4.78 is 27.4. The molecule has 0 saturated heterocycles. The first-order valence-corrected chi connectivity index (χ1v) is 8.73. The van der Waals surface area contributed by atoms with Crippen molar-refractivity contribution in [1.82, 2.24) is 4.72 Å². The number of hydrogen-bond acceptors (Lipinski definition) is 4. The second-order valence-corrected chi connectivity index (χ2v) is 9.30. The zero-order valence-corrected chi connectivity index (χ0v) is 14.3. The molecule has 0 saturated carbocycles. The molecule has 0 spiro atoms. The van der Waals surface area contributed by atoms with Crippen LogP contribution in [0.5, 0.6) is 0 Å². The first-order chi connectivity index (χ1) is 8.15. The van der Waals surface area contributed by atoms with Crippen molar-refractivity contribution in [2.45, 2.75) is 24.8 Å². The number of aliphatic carboxylic acids is 1. The van der Waals surface area contributed by atoms with Gasteiger partial charge < -0.3 is 5.11 Å². The van der Waals surface area contributed by atoms with Gasteiger partial charge in [0, 0.05) is 0 Å². The maximum atomic E-state index is 12.1. The van der Waals surface area contributed by atoms with Crippen LogP contribution in [-0.4, -0.2) is 25.5 Å². The van der Waals surface area contributed by atoms with Gasteiger partial charge in [0.25, 0.3) is 0 Å². The van der Waals surface area contributed by atoms with Crippen molar-refractivity contribution >= 4 is 59.2 Å². The van der Waals surface area contributed by atoms with E-state index in [4.69, 9.17) is 5.11 Å². The first kappa shape index (κ1) is 16.1. The Labute approximate surface area is 126 Å². The molecular weight excluding hydrogens is 410 g/mol. The molecule has 0 radical (unpaired) electrons. The number of rotatable bonds is 5. The van der Waals surface area contributed by atoms with Crippen molar-refractivity contribution in [2.75, 3.05) is 0 Å². The maximum Gasteiger partial charge on any atom is 0.322 e. The highest BCUT2D eigenvalue weighted by molar-refractivity contribution is 9.12. The molecule has 1 unspecified atom stereocenters. The van der Waals surface area contributed by atoms with E-state index in [1.54, 1.807) is 13.8 Å². The molecule has 2 N–H and O–H groups in total. The Morgan fingerprint density at radius 2 is 2.00 bits per heavy atom. The van der Waals surface area contributed by atoms with Crippen LogP contribution >= 0.6 is 43.2 Å². The first-order valence-electron chi connectivity index (χ1n) is 4.85. The number of carboxylic acids is 1. The quantitative estimate of drug-likeness (QED) is 0.766. The van der Waals surface area contributed by atoms with Crippen LogP contribution in [-0.2, 0) is 14.8 Å². The molecule has 0 aromatic carbocycles. The van der Waals surface area contributed by atoms with Crippen LogP contribution in [0.4, 0.5) is 0 Å². The van der Waals surface area contributed by atoms with Gasteiger partial charge >= 0.3 is 5.97 Å². The molecule has 1 aromatic rings. The van der Waals surface area contributed by atoms with Crippen molar-refractivity contribution in [3.05, 3.63) is 13.6 Å². The molecule has 102 valence electrons. The van der Waals surface area contributed by atoms with Crippen molar-refractivity contribution in [1.29, 1.82) is 0 Å². The molecule has 1 heterocycles. The Balaban J connectivity index is 3.08. The standard InChI is InChI=1S/C9H11Br2NO4S2/c1-4(2)7(9(13)14)12-18(15,16)5-3-6(10)17-8(5)11/h3-4,7,12H,1-2H3,(H,13,14). The van der Waals surface area contributed by atoms with Crippen LogP contribution < -0.4 is 4.72 Å². The molecule has 18 heavy (non-hydrogen) atoms. The highest BCUT2D eigenvalue weighted by atomic mass is 79.9. The third kappa shape index (κ3) is 3.77. The largest absolute Gasteiger partial charge is 0.480 e. The monoisotopic (exact) mass is 419 g/mol. The smallest absolute Gasteiger partial charge is 0.322 e. The van der Waals surface area contributed by atoms with Crippen molar-refractivity contribution < 1.29 is 18.3 Å². The van der Waals surface area contributed by atoms with Gasteiger partial charge in [-0.2, -0.15) is 4.72 Å². The third-order valence-electron chi connectivity index (χ3n) is 2.13. The number of carboxylic acid groups (broad SMARTS) is 1. The number of thiophene rings is 1. The summed E-state index contributed by atoms with van der Waals surface area (Å²) in [4.78, 5) is 11.0. The highest BCUT2D eigenvalue weighted by Crippen LogP contribution is 2.34. The predicted molar refractivity (Wildman–Crippen MR) is 76.3 cm³/mol. The summed E-state index contributed by atoms with van der Waals surface area (Å²) in [7, 11) is -3.86. The minimum absolute atomic E-state index is 0.0336. The van der Waals surface area contributed by atoms with Gasteiger partial charge in [0.15, 0.2) is 0 Å². The van der Waals surface area contributed by atoms with E-state index < -0.39 is 22.0 Å². The van der Waals surface area contributed by atoms with Gasteiger partial charge in [-0.05, 0) is 43.8 Å². The van der Waals surface area contributed by atoms with Gasteiger partial charge in [-0.15, -0.1) is 11.3 Å². The molecule has 0 bridgehead atoms. The maximum absolute atomic E-state index is 12.1. The van der Waals surface area contributed by atoms with Crippen LogP contribution in [0.3, 0.4) is 0 Å². The fourth-order valence-corrected chi connectivity index (χ4v) is 6.36. The van der Waals surface area contributed by atoms with E-state index in [0.29, 0.717) is 7.57 Å². The second kappa shape index (κ2) is 6.00. The Morgan fingerprint density at radius 3 is 2.33 bits per heavy atom. The van der Waals surface area contributed by atoms with Gasteiger partial charge in [-0.25, -0.2) is 8.42 Å².